The van der Waals surface area contributed by atoms with Crippen molar-refractivity contribution in [3.63, 3.8) is 0 Å². The normalized spacial score (nSPS) is 24.9. The van der Waals surface area contributed by atoms with E-state index in [2.05, 4.69) is 36.5 Å². The molecule has 2 nitrogen and oxygen atoms in total. The molecule has 0 unspecified atom stereocenters. The van der Waals surface area contributed by atoms with Crippen molar-refractivity contribution in [1.82, 2.24) is 5.32 Å². The van der Waals surface area contributed by atoms with Crippen LogP contribution in [0, 0.1) is 0 Å². The van der Waals surface area contributed by atoms with E-state index in [1.54, 1.807) is 0 Å². The van der Waals surface area contributed by atoms with E-state index in [4.69, 9.17) is 5.73 Å². The van der Waals surface area contributed by atoms with E-state index in [9.17, 15) is 0 Å². The van der Waals surface area contributed by atoms with E-state index >= 15 is 0 Å². The quantitative estimate of drug-likeness (QED) is 0.785. The fourth-order valence-corrected chi connectivity index (χ4v) is 1.98. The number of aryl methyl sites for hydroxylation is 1. The van der Waals surface area contributed by atoms with Crippen LogP contribution in [0.15, 0.2) is 24.3 Å². The minimum absolute atomic E-state index is 0.435. The topological polar surface area (TPSA) is 38.0 Å². The highest BCUT2D eigenvalue weighted by atomic mass is 14.9. The summed E-state index contributed by atoms with van der Waals surface area (Å²) in [6.45, 7) is 3.16. The van der Waals surface area contributed by atoms with E-state index < -0.39 is 0 Å². The van der Waals surface area contributed by atoms with Gasteiger partial charge in [0.25, 0.3) is 0 Å². The molecule has 0 heterocycles. The predicted molar refractivity (Wildman–Crippen MR) is 63.7 cm³/mol. The molecule has 1 saturated carbocycles. The van der Waals surface area contributed by atoms with Gasteiger partial charge < -0.3 is 11.1 Å². The zero-order valence-electron chi connectivity index (χ0n) is 9.37. The Hall–Kier alpha value is -0.860. The van der Waals surface area contributed by atoms with Crippen LogP contribution in [0.25, 0.3) is 0 Å². The van der Waals surface area contributed by atoms with E-state index in [0.717, 1.165) is 25.8 Å². The Morgan fingerprint density at radius 3 is 2.33 bits per heavy atom. The van der Waals surface area contributed by atoms with E-state index in [1.165, 1.54) is 11.1 Å². The number of hydrogen-bond acceptors (Lipinski definition) is 2. The second kappa shape index (κ2) is 4.77. The molecule has 82 valence electrons. The van der Waals surface area contributed by atoms with Crippen molar-refractivity contribution in [2.75, 3.05) is 0 Å². The molecule has 1 aliphatic rings. The Bertz CT molecular complexity index is 299. The van der Waals surface area contributed by atoms with Crippen LogP contribution in [0.1, 0.15) is 30.9 Å². The minimum atomic E-state index is 0.435. The average molecular weight is 204 g/mol. The van der Waals surface area contributed by atoms with Gasteiger partial charge >= 0.3 is 0 Å². The van der Waals surface area contributed by atoms with Gasteiger partial charge in [0.2, 0.25) is 0 Å². The average Bonchev–Trinajstić information content (AvgIpc) is 2.23. The molecule has 0 amide bonds. The Kier molecular flexibility index (Phi) is 3.39. The van der Waals surface area contributed by atoms with Crippen molar-refractivity contribution >= 4 is 0 Å². The summed E-state index contributed by atoms with van der Waals surface area (Å²) < 4.78 is 0. The predicted octanol–water partition coefficient (Wildman–Crippen LogP) is 1.83. The number of benzene rings is 1. The van der Waals surface area contributed by atoms with Crippen LogP contribution in [0.4, 0.5) is 0 Å². The van der Waals surface area contributed by atoms with Crippen molar-refractivity contribution in [3.05, 3.63) is 35.4 Å². The highest BCUT2D eigenvalue weighted by molar-refractivity contribution is 5.22. The van der Waals surface area contributed by atoms with Gasteiger partial charge in [-0.3, -0.25) is 0 Å². The smallest absolute Gasteiger partial charge is 0.0208 e. The lowest BCUT2D eigenvalue weighted by atomic mass is 9.87. The van der Waals surface area contributed by atoms with Crippen LogP contribution in [-0.4, -0.2) is 12.1 Å². The second-order valence-electron chi connectivity index (χ2n) is 4.48. The lowest BCUT2D eigenvalue weighted by molar-refractivity contribution is 0.291. The molecule has 15 heavy (non-hydrogen) atoms. The highest BCUT2D eigenvalue weighted by Crippen LogP contribution is 2.17. The summed E-state index contributed by atoms with van der Waals surface area (Å²) in [7, 11) is 0. The lowest BCUT2D eigenvalue weighted by Crippen LogP contribution is -2.48. The molecule has 1 aromatic rings. The maximum Gasteiger partial charge on any atom is 0.0208 e. The van der Waals surface area contributed by atoms with E-state index in [-0.39, 0.29) is 0 Å². The molecule has 3 N–H and O–H groups in total. The molecule has 0 saturated heterocycles. The Morgan fingerprint density at radius 2 is 1.80 bits per heavy atom. The van der Waals surface area contributed by atoms with Gasteiger partial charge in [0, 0.05) is 18.6 Å². The van der Waals surface area contributed by atoms with Crippen molar-refractivity contribution in [2.45, 2.75) is 44.8 Å². The summed E-state index contributed by atoms with van der Waals surface area (Å²) in [5.74, 6) is 0. The zero-order chi connectivity index (χ0) is 10.7. The van der Waals surface area contributed by atoms with Crippen molar-refractivity contribution in [3.8, 4) is 0 Å². The summed E-state index contributed by atoms with van der Waals surface area (Å²) in [5, 5.41) is 3.52. The second-order valence-corrected chi connectivity index (χ2v) is 4.48. The zero-order valence-corrected chi connectivity index (χ0v) is 9.37. The van der Waals surface area contributed by atoms with Crippen LogP contribution < -0.4 is 11.1 Å². The summed E-state index contributed by atoms with van der Waals surface area (Å²) in [5.41, 5.74) is 8.51. The molecular weight excluding hydrogens is 184 g/mol. The Morgan fingerprint density at radius 1 is 1.20 bits per heavy atom. The number of nitrogens with one attached hydrogen (secondary N) is 1. The van der Waals surface area contributed by atoms with E-state index in [0.29, 0.717) is 12.1 Å². The monoisotopic (exact) mass is 204 g/mol. The van der Waals surface area contributed by atoms with Crippen LogP contribution in [0.2, 0.25) is 0 Å². The van der Waals surface area contributed by atoms with Crippen LogP contribution >= 0.6 is 0 Å². The SMILES string of the molecule is CCc1ccc(CNC2CC(N)C2)cc1. The summed E-state index contributed by atoms with van der Waals surface area (Å²) in [6.07, 6.45) is 3.38. The van der Waals surface area contributed by atoms with Gasteiger partial charge in [-0.05, 0) is 30.4 Å². The van der Waals surface area contributed by atoms with Crippen LogP contribution in [0.5, 0.6) is 0 Å². The third-order valence-corrected chi connectivity index (χ3v) is 3.20. The molecular formula is C13H20N2. The fraction of sp³-hybridized carbons (Fsp3) is 0.538. The van der Waals surface area contributed by atoms with Crippen molar-refractivity contribution in [2.24, 2.45) is 5.73 Å². The molecule has 0 aliphatic heterocycles. The fourth-order valence-electron chi connectivity index (χ4n) is 1.98. The molecule has 2 heteroatoms. The maximum absolute atomic E-state index is 5.74. The molecule has 0 bridgehead atoms. The van der Waals surface area contributed by atoms with Crippen molar-refractivity contribution < 1.29 is 0 Å². The highest BCUT2D eigenvalue weighted by Gasteiger charge is 2.24. The molecule has 0 atom stereocenters. The van der Waals surface area contributed by atoms with Gasteiger partial charge in [-0.2, -0.15) is 0 Å². The summed E-state index contributed by atoms with van der Waals surface area (Å²) >= 11 is 0. The third kappa shape index (κ3) is 2.80. The standard InChI is InChI=1S/C13H20N2/c1-2-10-3-5-11(6-4-10)9-15-13-7-12(14)8-13/h3-6,12-13,15H,2,7-9,14H2,1H3. The van der Waals surface area contributed by atoms with Crippen LogP contribution in [-0.2, 0) is 13.0 Å². The van der Waals surface area contributed by atoms with Crippen LogP contribution in [0.3, 0.4) is 0 Å². The molecule has 1 aliphatic carbocycles. The largest absolute Gasteiger partial charge is 0.328 e. The van der Waals surface area contributed by atoms with Gasteiger partial charge in [0.15, 0.2) is 0 Å². The van der Waals surface area contributed by atoms with Gasteiger partial charge in [0.05, 0.1) is 0 Å². The Balaban J connectivity index is 1.78. The molecule has 1 fully saturated rings. The van der Waals surface area contributed by atoms with Crippen molar-refractivity contribution in [1.29, 1.82) is 0 Å². The molecule has 0 aromatic heterocycles. The number of nitrogens with two attached hydrogens (primary N) is 1. The molecule has 1 aromatic carbocycles. The van der Waals surface area contributed by atoms with Gasteiger partial charge in [-0.15, -0.1) is 0 Å². The minimum Gasteiger partial charge on any atom is -0.328 e. The first kappa shape index (κ1) is 10.7. The molecule has 0 radical (unpaired) electrons. The van der Waals surface area contributed by atoms with Gasteiger partial charge in [-0.1, -0.05) is 31.2 Å². The number of hydrogen-bond donors (Lipinski definition) is 2. The third-order valence-electron chi connectivity index (χ3n) is 3.20. The first-order chi connectivity index (χ1) is 7.28. The lowest BCUT2D eigenvalue weighted by Gasteiger charge is -2.33. The maximum atomic E-state index is 5.74. The summed E-state index contributed by atoms with van der Waals surface area (Å²) in [4.78, 5) is 0. The van der Waals surface area contributed by atoms with Gasteiger partial charge in [0.1, 0.15) is 0 Å². The summed E-state index contributed by atoms with van der Waals surface area (Å²) in [6, 6.07) is 9.93. The van der Waals surface area contributed by atoms with E-state index in [1.807, 2.05) is 0 Å². The number of rotatable bonds is 4. The van der Waals surface area contributed by atoms with Gasteiger partial charge in [-0.25, -0.2) is 0 Å². The Labute approximate surface area is 91.9 Å². The molecule has 2 rings (SSSR count). The first-order valence-electron chi connectivity index (χ1n) is 5.84. The molecule has 0 spiro atoms. The first-order valence-corrected chi connectivity index (χ1v) is 5.84.